The van der Waals surface area contributed by atoms with Gasteiger partial charge in [0.1, 0.15) is 0 Å². The third-order valence-electron chi connectivity index (χ3n) is 5.99. The minimum absolute atomic E-state index is 0.0125. The van der Waals surface area contributed by atoms with Gasteiger partial charge < -0.3 is 4.90 Å². The Balaban J connectivity index is 1.53. The van der Waals surface area contributed by atoms with Crippen molar-refractivity contribution in [3.05, 3.63) is 102 Å². The lowest BCUT2D eigenvalue weighted by molar-refractivity contribution is -0.120. The maximum absolute atomic E-state index is 13.5. The molecular weight excluding hydrogens is 318 g/mol. The number of amides is 1. The molecule has 2 nitrogen and oxygen atoms in total. The van der Waals surface area contributed by atoms with Crippen molar-refractivity contribution < 1.29 is 4.79 Å². The van der Waals surface area contributed by atoms with Gasteiger partial charge in [-0.3, -0.25) is 4.79 Å². The van der Waals surface area contributed by atoms with Gasteiger partial charge >= 0.3 is 0 Å². The normalized spacial score (nSPS) is 19.8. The van der Waals surface area contributed by atoms with Crippen molar-refractivity contribution in [2.24, 2.45) is 5.92 Å². The molecule has 2 aliphatic rings. The lowest BCUT2D eigenvalue weighted by Crippen LogP contribution is -2.33. The number of anilines is 1. The Morgan fingerprint density at radius 1 is 0.808 bits per heavy atom. The Morgan fingerprint density at radius 3 is 2.04 bits per heavy atom. The summed E-state index contributed by atoms with van der Waals surface area (Å²) in [4.78, 5) is 15.5. The number of hydrogen-bond donors (Lipinski definition) is 0. The van der Waals surface area contributed by atoms with Gasteiger partial charge in [-0.05, 0) is 35.6 Å². The molecule has 5 rings (SSSR count). The molecule has 1 atom stereocenters. The molecule has 2 heteroatoms. The second kappa shape index (κ2) is 5.84. The number of nitrogens with zero attached hydrogens (tertiary/aromatic N) is 1. The van der Waals surface area contributed by atoms with E-state index in [1.165, 1.54) is 16.7 Å². The summed E-state index contributed by atoms with van der Waals surface area (Å²) in [6.45, 7) is 0.800. The summed E-state index contributed by atoms with van der Waals surface area (Å²) in [5.74, 6) is 0.279. The van der Waals surface area contributed by atoms with E-state index in [-0.39, 0.29) is 17.2 Å². The van der Waals surface area contributed by atoms with Crippen LogP contribution in [0.4, 0.5) is 5.69 Å². The highest BCUT2D eigenvalue weighted by molar-refractivity contribution is 6.00. The number of rotatable bonds is 3. The predicted octanol–water partition coefficient (Wildman–Crippen LogP) is 4.58. The topological polar surface area (TPSA) is 20.3 Å². The Bertz CT molecular complexity index is 909. The fraction of sp³-hybridized carbons (Fsp3) is 0.208. The average Bonchev–Trinajstić information content (AvgIpc) is 3.34. The molecule has 0 radical (unpaired) electrons. The predicted molar refractivity (Wildman–Crippen MR) is 104 cm³/mol. The maximum atomic E-state index is 13.5. The van der Waals surface area contributed by atoms with Crippen LogP contribution in [-0.4, -0.2) is 12.5 Å². The summed E-state index contributed by atoms with van der Waals surface area (Å²) in [7, 11) is 0. The second-order valence-corrected chi connectivity index (χ2v) is 7.33. The first-order chi connectivity index (χ1) is 12.8. The van der Waals surface area contributed by atoms with Gasteiger partial charge in [-0.15, -0.1) is 0 Å². The number of fused-ring (bicyclic) bond motifs is 1. The lowest BCUT2D eigenvalue weighted by Gasteiger charge is -2.22. The molecule has 3 aromatic rings. The molecule has 1 aliphatic heterocycles. The molecule has 1 saturated carbocycles. The van der Waals surface area contributed by atoms with Crippen LogP contribution in [0.25, 0.3) is 0 Å². The molecule has 26 heavy (non-hydrogen) atoms. The van der Waals surface area contributed by atoms with E-state index >= 15 is 0 Å². The van der Waals surface area contributed by atoms with Crippen molar-refractivity contribution in [3.63, 3.8) is 0 Å². The van der Waals surface area contributed by atoms with Crippen molar-refractivity contribution in [2.45, 2.75) is 18.3 Å². The first-order valence-corrected chi connectivity index (χ1v) is 9.31. The van der Waals surface area contributed by atoms with Crippen LogP contribution in [0.1, 0.15) is 23.1 Å². The van der Waals surface area contributed by atoms with Crippen LogP contribution >= 0.6 is 0 Å². The SMILES string of the molecule is O=C(C1CC1(c1ccccc1)c1ccccc1)N1CCc2ccccc21. The number of para-hydroxylation sites is 1. The fourth-order valence-electron chi connectivity index (χ4n) is 4.59. The molecule has 1 unspecified atom stereocenters. The van der Waals surface area contributed by atoms with E-state index in [2.05, 4.69) is 66.7 Å². The minimum Gasteiger partial charge on any atom is -0.312 e. The summed E-state index contributed by atoms with van der Waals surface area (Å²) in [5, 5.41) is 0. The standard InChI is InChI=1S/C24H21NO/c26-23(25-16-15-18-9-7-8-14-22(18)25)21-17-24(21,19-10-3-1-4-11-19)20-12-5-2-6-13-20/h1-14,21H,15-17H2. The molecule has 1 fully saturated rings. The monoisotopic (exact) mass is 339 g/mol. The molecule has 1 aliphatic carbocycles. The molecule has 0 N–H and O–H groups in total. The molecule has 3 aromatic carbocycles. The van der Waals surface area contributed by atoms with Crippen LogP contribution in [0.2, 0.25) is 0 Å². The molecule has 1 amide bonds. The second-order valence-electron chi connectivity index (χ2n) is 7.33. The summed E-state index contributed by atoms with van der Waals surface area (Å²) in [6.07, 6.45) is 1.84. The maximum Gasteiger partial charge on any atom is 0.231 e. The fourth-order valence-corrected chi connectivity index (χ4v) is 4.59. The quantitative estimate of drug-likeness (QED) is 0.684. The van der Waals surface area contributed by atoms with Gasteiger partial charge in [0.2, 0.25) is 5.91 Å². The highest BCUT2D eigenvalue weighted by atomic mass is 16.2. The zero-order valence-electron chi connectivity index (χ0n) is 14.6. The number of hydrogen-bond acceptors (Lipinski definition) is 1. The van der Waals surface area contributed by atoms with Gasteiger partial charge in [-0.25, -0.2) is 0 Å². The van der Waals surface area contributed by atoms with Crippen molar-refractivity contribution in [1.82, 2.24) is 0 Å². The van der Waals surface area contributed by atoms with E-state index in [1.807, 2.05) is 23.1 Å². The summed E-state index contributed by atoms with van der Waals surface area (Å²) >= 11 is 0. The largest absolute Gasteiger partial charge is 0.312 e. The van der Waals surface area contributed by atoms with E-state index in [4.69, 9.17) is 0 Å². The van der Waals surface area contributed by atoms with Gasteiger partial charge in [-0.2, -0.15) is 0 Å². The Kier molecular flexibility index (Phi) is 3.46. The van der Waals surface area contributed by atoms with Gasteiger partial charge in [0.15, 0.2) is 0 Å². The highest BCUT2D eigenvalue weighted by Gasteiger charge is 2.61. The van der Waals surface area contributed by atoms with E-state index in [1.54, 1.807) is 0 Å². The minimum atomic E-state index is -0.183. The number of carbonyl (C=O) groups excluding carboxylic acids is 1. The third-order valence-corrected chi connectivity index (χ3v) is 5.99. The van der Waals surface area contributed by atoms with E-state index in [0.29, 0.717) is 0 Å². The van der Waals surface area contributed by atoms with Crippen LogP contribution < -0.4 is 4.90 Å². The molecule has 0 aromatic heterocycles. The Morgan fingerprint density at radius 2 is 1.38 bits per heavy atom. The van der Waals surface area contributed by atoms with E-state index in [0.717, 1.165) is 25.1 Å². The lowest BCUT2D eigenvalue weighted by atomic mass is 9.85. The van der Waals surface area contributed by atoms with Gasteiger partial charge in [-0.1, -0.05) is 78.9 Å². The van der Waals surface area contributed by atoms with Crippen LogP contribution in [0, 0.1) is 5.92 Å². The van der Waals surface area contributed by atoms with Crippen molar-refractivity contribution in [1.29, 1.82) is 0 Å². The molecular formula is C24H21NO. The first-order valence-electron chi connectivity index (χ1n) is 9.31. The molecule has 0 bridgehead atoms. The zero-order valence-corrected chi connectivity index (χ0v) is 14.6. The van der Waals surface area contributed by atoms with Crippen molar-refractivity contribution >= 4 is 11.6 Å². The van der Waals surface area contributed by atoms with Crippen LogP contribution in [-0.2, 0) is 16.6 Å². The molecule has 1 heterocycles. The van der Waals surface area contributed by atoms with E-state index in [9.17, 15) is 4.79 Å². The third kappa shape index (κ3) is 2.22. The molecule has 128 valence electrons. The summed E-state index contributed by atoms with van der Waals surface area (Å²) in [5.41, 5.74) is 4.69. The van der Waals surface area contributed by atoms with Gasteiger partial charge in [0.25, 0.3) is 0 Å². The van der Waals surface area contributed by atoms with Crippen LogP contribution in [0.5, 0.6) is 0 Å². The summed E-state index contributed by atoms with van der Waals surface area (Å²) < 4.78 is 0. The Labute approximate surface area is 154 Å². The molecule has 0 spiro atoms. The number of benzene rings is 3. The average molecular weight is 339 g/mol. The van der Waals surface area contributed by atoms with Crippen LogP contribution in [0.3, 0.4) is 0 Å². The zero-order chi connectivity index (χ0) is 17.6. The van der Waals surface area contributed by atoms with E-state index < -0.39 is 0 Å². The molecule has 0 saturated heterocycles. The van der Waals surface area contributed by atoms with Gasteiger partial charge in [0.05, 0.1) is 5.92 Å². The number of carbonyl (C=O) groups is 1. The Hall–Kier alpha value is -2.87. The van der Waals surface area contributed by atoms with Crippen molar-refractivity contribution in [2.75, 3.05) is 11.4 Å². The summed E-state index contributed by atoms with van der Waals surface area (Å²) in [6, 6.07) is 29.3. The van der Waals surface area contributed by atoms with Crippen molar-refractivity contribution in [3.8, 4) is 0 Å². The highest BCUT2D eigenvalue weighted by Crippen LogP contribution is 2.59. The van der Waals surface area contributed by atoms with Crippen LogP contribution in [0.15, 0.2) is 84.9 Å². The smallest absolute Gasteiger partial charge is 0.231 e. The first kappa shape index (κ1) is 15.4. The van der Waals surface area contributed by atoms with Gasteiger partial charge in [0, 0.05) is 17.6 Å².